The summed E-state index contributed by atoms with van der Waals surface area (Å²) in [4.78, 5) is 33.4. The van der Waals surface area contributed by atoms with E-state index in [4.69, 9.17) is 4.52 Å². The van der Waals surface area contributed by atoms with Crippen LogP contribution in [0, 0.1) is 6.92 Å². The number of rotatable bonds is 3. The van der Waals surface area contributed by atoms with Crippen LogP contribution in [0.15, 0.2) is 15.4 Å². The highest BCUT2D eigenvalue weighted by atomic mass is 16.5. The molecule has 7 nitrogen and oxygen atoms in total. The van der Waals surface area contributed by atoms with Gasteiger partial charge in [-0.25, -0.2) is 4.98 Å². The largest absolute Gasteiger partial charge is 0.361 e. The number of H-pyrrole nitrogens is 1. The predicted molar refractivity (Wildman–Crippen MR) is 83.4 cm³/mol. The molecule has 0 radical (unpaired) electrons. The van der Waals surface area contributed by atoms with Crippen LogP contribution in [0.5, 0.6) is 0 Å². The Morgan fingerprint density at radius 2 is 2.17 bits per heavy atom. The van der Waals surface area contributed by atoms with Gasteiger partial charge in [-0.15, -0.1) is 0 Å². The summed E-state index contributed by atoms with van der Waals surface area (Å²) < 4.78 is 5.18. The Morgan fingerprint density at radius 3 is 2.96 bits per heavy atom. The minimum atomic E-state index is -0.156. The van der Waals surface area contributed by atoms with Crippen molar-refractivity contribution in [2.45, 2.75) is 39.5 Å². The summed E-state index contributed by atoms with van der Waals surface area (Å²) in [6, 6.07) is 1.71. The number of nitrogens with one attached hydrogen (secondary N) is 1. The average Bonchev–Trinajstić information content (AvgIpc) is 2.86. The number of amides is 1. The highest BCUT2D eigenvalue weighted by Gasteiger charge is 2.24. The van der Waals surface area contributed by atoms with Crippen LogP contribution in [0.1, 0.15) is 46.7 Å². The first-order valence-electron chi connectivity index (χ1n) is 7.92. The minimum absolute atomic E-state index is 0.103. The number of hydrogen-bond donors (Lipinski definition) is 1. The molecule has 1 aliphatic rings. The second kappa shape index (κ2) is 6.36. The molecule has 0 fully saturated rings. The molecule has 0 aromatic carbocycles. The van der Waals surface area contributed by atoms with Gasteiger partial charge in [0.2, 0.25) is 0 Å². The summed E-state index contributed by atoms with van der Waals surface area (Å²) >= 11 is 0. The summed E-state index contributed by atoms with van der Waals surface area (Å²) in [5.41, 5.74) is 1.69. The Balaban J connectivity index is 1.77. The Hall–Kier alpha value is -2.44. The van der Waals surface area contributed by atoms with Crippen molar-refractivity contribution < 1.29 is 9.32 Å². The number of nitrogens with zero attached hydrogens (tertiary/aromatic N) is 3. The zero-order chi connectivity index (χ0) is 16.4. The van der Waals surface area contributed by atoms with Crippen LogP contribution >= 0.6 is 0 Å². The van der Waals surface area contributed by atoms with Gasteiger partial charge in [0.05, 0.1) is 5.69 Å². The quantitative estimate of drug-likeness (QED) is 0.920. The van der Waals surface area contributed by atoms with Gasteiger partial charge in [0.15, 0.2) is 5.69 Å². The van der Waals surface area contributed by atoms with E-state index in [-0.39, 0.29) is 11.5 Å². The van der Waals surface area contributed by atoms with E-state index in [0.717, 1.165) is 24.3 Å². The van der Waals surface area contributed by atoms with E-state index in [1.54, 1.807) is 17.9 Å². The first-order chi connectivity index (χ1) is 11.1. The van der Waals surface area contributed by atoms with Crippen LogP contribution in [0.2, 0.25) is 0 Å². The molecule has 0 spiro atoms. The van der Waals surface area contributed by atoms with Crippen molar-refractivity contribution in [3.8, 4) is 0 Å². The Kier molecular flexibility index (Phi) is 4.27. The van der Waals surface area contributed by atoms with E-state index < -0.39 is 0 Å². The van der Waals surface area contributed by atoms with E-state index in [0.29, 0.717) is 43.0 Å². The summed E-state index contributed by atoms with van der Waals surface area (Å²) in [5, 5.41) is 3.87. The molecule has 2 aromatic rings. The molecule has 1 N–H and O–H groups in total. The lowest BCUT2D eigenvalue weighted by Crippen LogP contribution is -2.33. The van der Waals surface area contributed by atoms with Crippen LogP contribution in [0.4, 0.5) is 0 Å². The van der Waals surface area contributed by atoms with Crippen molar-refractivity contribution in [1.82, 2.24) is 20.0 Å². The van der Waals surface area contributed by atoms with Gasteiger partial charge in [0.1, 0.15) is 11.6 Å². The first-order valence-corrected chi connectivity index (χ1v) is 7.92. The zero-order valence-electron chi connectivity index (χ0n) is 13.4. The van der Waals surface area contributed by atoms with Crippen molar-refractivity contribution in [2.24, 2.45) is 0 Å². The van der Waals surface area contributed by atoms with Crippen LogP contribution in [0.3, 0.4) is 0 Å². The molecule has 1 amide bonds. The molecule has 2 aromatic heterocycles. The summed E-state index contributed by atoms with van der Waals surface area (Å²) in [6.45, 7) is 4.82. The van der Waals surface area contributed by atoms with Gasteiger partial charge >= 0.3 is 0 Å². The van der Waals surface area contributed by atoms with Gasteiger partial charge in [-0.2, -0.15) is 0 Å². The number of hydrogen-bond acceptors (Lipinski definition) is 5. The molecule has 1 aliphatic heterocycles. The lowest BCUT2D eigenvalue weighted by Gasteiger charge is -2.18. The monoisotopic (exact) mass is 316 g/mol. The normalized spacial score (nSPS) is 14.4. The molecule has 122 valence electrons. The van der Waals surface area contributed by atoms with Gasteiger partial charge in [-0.05, 0) is 19.8 Å². The molecular weight excluding hydrogens is 296 g/mol. The third-order valence-electron chi connectivity index (χ3n) is 4.03. The van der Waals surface area contributed by atoms with Crippen molar-refractivity contribution in [2.75, 3.05) is 13.1 Å². The second-order valence-corrected chi connectivity index (χ2v) is 5.80. The number of aromatic amines is 1. The topological polar surface area (TPSA) is 92.1 Å². The fourth-order valence-corrected chi connectivity index (χ4v) is 2.88. The zero-order valence-corrected chi connectivity index (χ0v) is 13.4. The van der Waals surface area contributed by atoms with Gasteiger partial charge < -0.3 is 14.4 Å². The standard InChI is InChI=1S/C16H20N4O3/c1-3-4-11-9-14(19-23-11)16(22)20-7-5-12-13(6-8-20)17-10(2)18-15(12)21/h9H,3-8H2,1-2H3,(H,17,18,21). The Bertz CT molecular complexity index is 778. The van der Waals surface area contributed by atoms with Crippen molar-refractivity contribution in [1.29, 1.82) is 0 Å². The second-order valence-electron chi connectivity index (χ2n) is 5.80. The van der Waals surface area contributed by atoms with E-state index in [1.165, 1.54) is 0 Å². The Labute approximate surface area is 133 Å². The highest BCUT2D eigenvalue weighted by Crippen LogP contribution is 2.14. The first kappa shape index (κ1) is 15.5. The number of carbonyl (C=O) groups excluding carboxylic acids is 1. The SMILES string of the molecule is CCCc1cc(C(=O)N2CCc3nc(C)[nH]c(=O)c3CC2)no1. The van der Waals surface area contributed by atoms with Gasteiger partial charge in [0.25, 0.3) is 11.5 Å². The van der Waals surface area contributed by atoms with Crippen LogP contribution in [-0.2, 0) is 19.3 Å². The number of aryl methyl sites for hydroxylation is 2. The lowest BCUT2D eigenvalue weighted by atomic mass is 10.1. The molecule has 0 unspecified atom stereocenters. The van der Waals surface area contributed by atoms with E-state index in [9.17, 15) is 9.59 Å². The molecule has 7 heteroatoms. The smallest absolute Gasteiger partial charge is 0.276 e. The van der Waals surface area contributed by atoms with Gasteiger partial charge in [-0.1, -0.05) is 12.1 Å². The van der Waals surface area contributed by atoms with Crippen LogP contribution < -0.4 is 5.56 Å². The average molecular weight is 316 g/mol. The summed E-state index contributed by atoms with van der Waals surface area (Å²) in [7, 11) is 0. The van der Waals surface area contributed by atoms with E-state index in [1.807, 2.05) is 6.92 Å². The van der Waals surface area contributed by atoms with Crippen LogP contribution in [-0.4, -0.2) is 39.0 Å². The maximum Gasteiger partial charge on any atom is 0.276 e. The maximum atomic E-state index is 12.6. The minimum Gasteiger partial charge on any atom is -0.361 e. The predicted octanol–water partition coefficient (Wildman–Crippen LogP) is 1.26. The molecular formula is C16H20N4O3. The molecule has 0 bridgehead atoms. The Morgan fingerprint density at radius 1 is 1.39 bits per heavy atom. The number of aromatic nitrogens is 3. The third kappa shape index (κ3) is 3.18. The van der Waals surface area contributed by atoms with Crippen molar-refractivity contribution >= 4 is 5.91 Å². The number of carbonyl (C=O) groups is 1. The fourth-order valence-electron chi connectivity index (χ4n) is 2.88. The van der Waals surface area contributed by atoms with Crippen molar-refractivity contribution in [3.05, 3.63) is 45.0 Å². The molecule has 3 heterocycles. The summed E-state index contributed by atoms with van der Waals surface area (Å²) in [6.07, 6.45) is 2.79. The highest BCUT2D eigenvalue weighted by molar-refractivity contribution is 5.92. The number of fused-ring (bicyclic) bond motifs is 1. The molecule has 0 saturated heterocycles. The van der Waals surface area contributed by atoms with Crippen molar-refractivity contribution in [3.63, 3.8) is 0 Å². The third-order valence-corrected chi connectivity index (χ3v) is 4.03. The fraction of sp³-hybridized carbons (Fsp3) is 0.500. The molecule has 0 atom stereocenters. The molecule has 23 heavy (non-hydrogen) atoms. The molecule has 0 saturated carbocycles. The van der Waals surface area contributed by atoms with E-state index in [2.05, 4.69) is 15.1 Å². The van der Waals surface area contributed by atoms with Crippen LogP contribution in [0.25, 0.3) is 0 Å². The maximum absolute atomic E-state index is 12.6. The molecule has 3 rings (SSSR count). The van der Waals surface area contributed by atoms with Gasteiger partial charge in [-0.3, -0.25) is 9.59 Å². The van der Waals surface area contributed by atoms with Gasteiger partial charge in [0, 0.05) is 37.6 Å². The summed E-state index contributed by atoms with van der Waals surface area (Å²) in [5.74, 6) is 1.17. The lowest BCUT2D eigenvalue weighted by molar-refractivity contribution is 0.0752. The molecule has 0 aliphatic carbocycles. The van der Waals surface area contributed by atoms with E-state index >= 15 is 0 Å².